The Morgan fingerprint density at radius 1 is 0.775 bits per heavy atom. The first-order valence-corrected chi connectivity index (χ1v) is 13.9. The third kappa shape index (κ3) is 5.51. The number of benzene rings is 3. The van der Waals surface area contributed by atoms with Crippen LogP contribution in [0, 0.1) is 19.1 Å². The fourth-order valence-electron chi connectivity index (χ4n) is 4.65. The molecule has 0 aliphatic rings. The predicted octanol–water partition coefficient (Wildman–Crippen LogP) is 9.82. The second-order valence-corrected chi connectivity index (χ2v) is 11.6. The fourth-order valence-corrected chi connectivity index (χ4v) is 5.43. The number of aromatic nitrogens is 2. The third-order valence-electron chi connectivity index (χ3n) is 6.81. The van der Waals surface area contributed by atoms with Gasteiger partial charge >= 0.3 is 0 Å². The van der Waals surface area contributed by atoms with Crippen molar-refractivity contribution in [3.8, 4) is 22.5 Å². The van der Waals surface area contributed by atoms with Gasteiger partial charge in [-0.05, 0) is 58.4 Å². The van der Waals surface area contributed by atoms with Crippen LogP contribution < -0.4 is 0 Å². The molecule has 7 aromatic rings. The molecular formula is C35H28IrN2OS-2. The minimum absolute atomic E-state index is 0. The number of rotatable bonds is 2. The van der Waals surface area contributed by atoms with E-state index in [1.165, 1.54) is 21.2 Å². The average Bonchev–Trinajstić information content (AvgIpc) is 3.59. The zero-order chi connectivity index (χ0) is 27.0. The monoisotopic (exact) mass is 717 g/mol. The molecule has 5 heteroatoms. The van der Waals surface area contributed by atoms with Crippen LogP contribution >= 0.6 is 11.3 Å². The topological polar surface area (TPSA) is 38.9 Å². The molecule has 0 bridgehead atoms. The Labute approximate surface area is 252 Å². The zero-order valence-corrected chi connectivity index (χ0v) is 26.0. The molecule has 40 heavy (non-hydrogen) atoms. The number of thiophene rings is 1. The van der Waals surface area contributed by atoms with Gasteiger partial charge in [-0.25, -0.2) is 0 Å². The molecule has 0 atom stereocenters. The molecule has 4 aromatic heterocycles. The van der Waals surface area contributed by atoms with Gasteiger partial charge in [0.15, 0.2) is 0 Å². The van der Waals surface area contributed by atoms with Gasteiger partial charge in [0.05, 0.1) is 5.58 Å². The van der Waals surface area contributed by atoms with Crippen molar-refractivity contribution in [2.24, 2.45) is 0 Å². The van der Waals surface area contributed by atoms with E-state index >= 15 is 0 Å². The molecule has 1 radical (unpaired) electrons. The summed E-state index contributed by atoms with van der Waals surface area (Å²) in [7, 11) is 0. The number of hydrogen-bond donors (Lipinski definition) is 0. The summed E-state index contributed by atoms with van der Waals surface area (Å²) in [6, 6.07) is 33.2. The molecule has 7 rings (SSSR count). The smallest absolute Gasteiger partial charge is 0.129 e. The van der Waals surface area contributed by atoms with Crippen molar-refractivity contribution in [1.29, 1.82) is 0 Å². The summed E-state index contributed by atoms with van der Waals surface area (Å²) in [6.07, 6.45) is 3.75. The first-order chi connectivity index (χ1) is 18.9. The van der Waals surface area contributed by atoms with Crippen molar-refractivity contribution in [3.63, 3.8) is 0 Å². The molecule has 201 valence electrons. The first kappa shape index (κ1) is 27.9. The molecule has 0 aliphatic heterocycles. The first-order valence-electron chi connectivity index (χ1n) is 13.0. The maximum absolute atomic E-state index is 6.37. The number of aryl methyl sites for hydroxylation is 1. The summed E-state index contributed by atoms with van der Waals surface area (Å²) in [5, 5.41) is 5.54. The van der Waals surface area contributed by atoms with Gasteiger partial charge in [0.1, 0.15) is 5.58 Å². The maximum Gasteiger partial charge on any atom is 0.129 e. The number of hydrogen-bond acceptors (Lipinski definition) is 4. The van der Waals surface area contributed by atoms with E-state index in [2.05, 4.69) is 90.7 Å². The number of fused-ring (bicyclic) bond motifs is 5. The Kier molecular flexibility index (Phi) is 8.00. The molecule has 0 N–H and O–H groups in total. The molecule has 3 aromatic carbocycles. The van der Waals surface area contributed by atoms with Crippen molar-refractivity contribution in [2.75, 3.05) is 0 Å². The Bertz CT molecular complexity index is 1900. The van der Waals surface area contributed by atoms with Gasteiger partial charge in [-0.3, -0.25) is 0 Å². The van der Waals surface area contributed by atoms with E-state index in [0.29, 0.717) is 0 Å². The Hall–Kier alpha value is -3.63. The molecule has 4 heterocycles. The van der Waals surface area contributed by atoms with E-state index < -0.39 is 0 Å². The Morgan fingerprint density at radius 3 is 2.38 bits per heavy atom. The normalized spacial score (nSPS) is 11.3. The summed E-state index contributed by atoms with van der Waals surface area (Å²) in [4.78, 5) is 8.92. The van der Waals surface area contributed by atoms with E-state index in [0.717, 1.165) is 44.5 Å². The van der Waals surface area contributed by atoms with Crippen LogP contribution in [0.4, 0.5) is 0 Å². The van der Waals surface area contributed by atoms with Crippen LogP contribution in [0.2, 0.25) is 0 Å². The number of furan rings is 1. The van der Waals surface area contributed by atoms with Crippen molar-refractivity contribution in [3.05, 3.63) is 120 Å². The van der Waals surface area contributed by atoms with E-state index in [1.54, 1.807) is 11.3 Å². The Morgan fingerprint density at radius 2 is 1.62 bits per heavy atom. The predicted molar refractivity (Wildman–Crippen MR) is 163 cm³/mol. The molecule has 0 unspecified atom stereocenters. The maximum atomic E-state index is 6.37. The van der Waals surface area contributed by atoms with Crippen LogP contribution in [0.15, 0.2) is 101 Å². The van der Waals surface area contributed by atoms with Crippen LogP contribution in [-0.2, 0) is 25.5 Å². The zero-order valence-electron chi connectivity index (χ0n) is 22.8. The van der Waals surface area contributed by atoms with E-state index in [-0.39, 0.29) is 25.5 Å². The minimum atomic E-state index is 0. The molecule has 0 saturated heterocycles. The molecule has 0 spiro atoms. The fraction of sp³-hybridized carbons (Fsp3) is 0.143. The molecule has 0 aliphatic carbocycles. The molecular weight excluding hydrogens is 689 g/mol. The largest absolute Gasteiger partial charge is 0.500 e. The summed E-state index contributed by atoms with van der Waals surface area (Å²) < 4.78 is 7.62. The van der Waals surface area contributed by atoms with Crippen LogP contribution in [-0.4, -0.2) is 9.97 Å². The quantitative estimate of drug-likeness (QED) is 0.167. The van der Waals surface area contributed by atoms with Gasteiger partial charge in [0.2, 0.25) is 0 Å². The van der Waals surface area contributed by atoms with Gasteiger partial charge < -0.3 is 14.4 Å². The van der Waals surface area contributed by atoms with Gasteiger partial charge in [-0.15, -0.1) is 65.4 Å². The van der Waals surface area contributed by atoms with Crippen LogP contribution in [0.3, 0.4) is 0 Å². The Balaban J connectivity index is 0.000000195. The van der Waals surface area contributed by atoms with Gasteiger partial charge in [-0.1, -0.05) is 56.0 Å². The van der Waals surface area contributed by atoms with Crippen LogP contribution in [0.1, 0.15) is 31.9 Å². The van der Waals surface area contributed by atoms with E-state index in [9.17, 15) is 0 Å². The van der Waals surface area contributed by atoms with E-state index in [4.69, 9.17) is 4.42 Å². The summed E-state index contributed by atoms with van der Waals surface area (Å²) in [5.41, 5.74) is 8.17. The van der Waals surface area contributed by atoms with Crippen molar-refractivity contribution >= 4 is 43.4 Å². The number of pyridine rings is 2. The molecule has 0 amide bonds. The van der Waals surface area contributed by atoms with E-state index in [1.807, 2.05) is 55.7 Å². The second-order valence-electron chi connectivity index (χ2n) is 10.6. The molecule has 3 nitrogen and oxygen atoms in total. The summed E-state index contributed by atoms with van der Waals surface area (Å²) in [5.74, 6) is 0. The van der Waals surface area contributed by atoms with Gasteiger partial charge in [0.25, 0.3) is 0 Å². The number of nitrogens with zero attached hydrogens (tertiary/aromatic N) is 2. The summed E-state index contributed by atoms with van der Waals surface area (Å²) in [6.45, 7) is 8.67. The average molecular weight is 717 g/mol. The van der Waals surface area contributed by atoms with Crippen LogP contribution in [0.25, 0.3) is 54.5 Å². The molecule has 0 saturated carbocycles. The van der Waals surface area contributed by atoms with Gasteiger partial charge in [0, 0.05) is 48.0 Å². The van der Waals surface area contributed by atoms with Crippen molar-refractivity contribution < 1.29 is 24.5 Å². The molecule has 0 fully saturated rings. The van der Waals surface area contributed by atoms with Gasteiger partial charge in [-0.2, -0.15) is 0 Å². The SMILES string of the molecule is CC(C)(C)c1ccnc(-c2[c-]ccc3c2oc2c4ccsc4ccc32)c1.Cc1ccc(-c2[c-]cccc2)nc1.[Ir]. The summed E-state index contributed by atoms with van der Waals surface area (Å²) >= 11 is 1.74. The van der Waals surface area contributed by atoms with Crippen molar-refractivity contribution in [1.82, 2.24) is 9.97 Å². The third-order valence-corrected chi connectivity index (χ3v) is 7.69. The standard InChI is InChI=1S/C23H18NOS.C12H10N.Ir/c1-23(2,3)14-9-11-24-19(13-14)17-6-4-5-15-16-7-8-20-18(10-12-26-20)22(16)25-21(15)17;1-10-7-8-12(13-9-10)11-5-3-2-4-6-11;/h4-5,7-13H,1-3H3;2-5,7-9H,1H3;/q2*-1;. The van der Waals surface area contributed by atoms with Crippen molar-refractivity contribution in [2.45, 2.75) is 33.1 Å². The second kappa shape index (κ2) is 11.5. The van der Waals surface area contributed by atoms with Crippen LogP contribution in [0.5, 0.6) is 0 Å². The minimum Gasteiger partial charge on any atom is -0.500 e.